The second kappa shape index (κ2) is 3.33. The van der Waals surface area contributed by atoms with Crippen LogP contribution in [0.5, 0.6) is 0 Å². The van der Waals surface area contributed by atoms with Gasteiger partial charge < -0.3 is 10.2 Å². The average molecular weight is 170 g/mol. The quantitative estimate of drug-likeness (QED) is 0.668. The highest BCUT2D eigenvalue weighted by Gasteiger charge is 2.33. The lowest BCUT2D eigenvalue weighted by Crippen LogP contribution is -2.42. The maximum Gasteiger partial charge on any atom is 0.318 e. The predicted molar refractivity (Wildman–Crippen MR) is 49.0 cm³/mol. The van der Waals surface area contributed by atoms with Crippen LogP contribution in [-0.4, -0.2) is 29.6 Å². The zero-order valence-corrected chi connectivity index (χ0v) is 8.29. The Morgan fingerprint density at radius 2 is 2.00 bits per heavy atom. The minimum atomic E-state index is 0.0868. The Morgan fingerprint density at radius 3 is 2.33 bits per heavy atom. The number of carbonyl (C=O) groups excluding carboxylic acids is 1. The predicted octanol–water partition coefficient (Wildman–Crippen LogP) is 1.44. The molecule has 0 spiro atoms. The molecule has 0 aromatic rings. The normalized spacial score (nSPS) is 24.0. The summed E-state index contributed by atoms with van der Waals surface area (Å²) in [5.74, 6) is 0.534. The first-order valence-electron chi connectivity index (χ1n) is 4.60. The summed E-state index contributed by atoms with van der Waals surface area (Å²) >= 11 is 0. The van der Waals surface area contributed by atoms with Gasteiger partial charge in [0.2, 0.25) is 0 Å². The summed E-state index contributed by atoms with van der Waals surface area (Å²) in [5, 5.41) is 2.87. The number of hydrogen-bond acceptors (Lipinski definition) is 1. The zero-order valence-electron chi connectivity index (χ0n) is 8.29. The highest BCUT2D eigenvalue weighted by Crippen LogP contribution is 2.17. The van der Waals surface area contributed by atoms with Gasteiger partial charge in [-0.15, -0.1) is 0 Å². The van der Waals surface area contributed by atoms with Crippen LogP contribution < -0.4 is 5.32 Å². The van der Waals surface area contributed by atoms with Crippen molar-refractivity contribution in [2.24, 2.45) is 5.92 Å². The van der Waals surface area contributed by atoms with Crippen molar-refractivity contribution in [3.05, 3.63) is 0 Å². The molecule has 1 N–H and O–H groups in total. The molecule has 1 rings (SSSR count). The first kappa shape index (κ1) is 9.36. The molecule has 0 aromatic carbocycles. The van der Waals surface area contributed by atoms with Gasteiger partial charge in [-0.25, -0.2) is 4.79 Å². The van der Waals surface area contributed by atoms with Gasteiger partial charge in [-0.1, -0.05) is 13.8 Å². The van der Waals surface area contributed by atoms with Gasteiger partial charge in [0.1, 0.15) is 0 Å². The van der Waals surface area contributed by atoms with E-state index in [9.17, 15) is 4.79 Å². The van der Waals surface area contributed by atoms with Gasteiger partial charge >= 0.3 is 6.03 Å². The van der Waals surface area contributed by atoms with Crippen molar-refractivity contribution < 1.29 is 4.79 Å². The van der Waals surface area contributed by atoms with E-state index >= 15 is 0 Å². The molecule has 2 amide bonds. The standard InChI is InChI=1S/C9H18N2O/c1-6(2)8-5-10-9(12)11(8)7(3)4/h6-8H,5H2,1-4H3,(H,10,12)/t8-/m0/s1. The van der Waals surface area contributed by atoms with Crippen LogP contribution >= 0.6 is 0 Å². The third-order valence-electron chi connectivity index (χ3n) is 2.38. The first-order valence-corrected chi connectivity index (χ1v) is 4.60. The van der Waals surface area contributed by atoms with Gasteiger partial charge in [0.05, 0.1) is 6.04 Å². The Hall–Kier alpha value is -0.730. The molecule has 0 aliphatic carbocycles. The van der Waals surface area contributed by atoms with E-state index in [0.717, 1.165) is 6.54 Å². The van der Waals surface area contributed by atoms with E-state index in [4.69, 9.17) is 0 Å². The molecule has 0 saturated carbocycles. The van der Waals surface area contributed by atoms with Crippen LogP contribution in [0.4, 0.5) is 4.79 Å². The number of amides is 2. The molecule has 1 atom stereocenters. The molecular formula is C9H18N2O. The monoisotopic (exact) mass is 170 g/mol. The Kier molecular flexibility index (Phi) is 2.60. The molecule has 0 unspecified atom stereocenters. The maximum absolute atomic E-state index is 11.3. The lowest BCUT2D eigenvalue weighted by Gasteiger charge is -2.29. The highest BCUT2D eigenvalue weighted by atomic mass is 16.2. The van der Waals surface area contributed by atoms with Gasteiger partial charge in [0.25, 0.3) is 0 Å². The van der Waals surface area contributed by atoms with E-state index in [1.165, 1.54) is 0 Å². The van der Waals surface area contributed by atoms with Crippen molar-refractivity contribution in [2.75, 3.05) is 6.54 Å². The van der Waals surface area contributed by atoms with Gasteiger partial charge in [-0.3, -0.25) is 0 Å². The molecule has 1 saturated heterocycles. The summed E-state index contributed by atoms with van der Waals surface area (Å²) in [6.07, 6.45) is 0. The Balaban J connectivity index is 2.70. The van der Waals surface area contributed by atoms with Gasteiger partial charge in [-0.05, 0) is 19.8 Å². The number of carbonyl (C=O) groups is 1. The third kappa shape index (κ3) is 1.54. The van der Waals surface area contributed by atoms with Gasteiger partial charge in [0, 0.05) is 12.6 Å². The van der Waals surface area contributed by atoms with Crippen LogP contribution in [0.3, 0.4) is 0 Å². The summed E-state index contributed by atoms with van der Waals surface area (Å²) in [5.41, 5.74) is 0. The summed E-state index contributed by atoms with van der Waals surface area (Å²) < 4.78 is 0. The average Bonchev–Trinajstić information content (AvgIpc) is 2.30. The fourth-order valence-electron chi connectivity index (χ4n) is 1.71. The van der Waals surface area contributed by atoms with Crippen molar-refractivity contribution in [3.8, 4) is 0 Å². The maximum atomic E-state index is 11.3. The van der Waals surface area contributed by atoms with Gasteiger partial charge in [-0.2, -0.15) is 0 Å². The molecule has 70 valence electrons. The lowest BCUT2D eigenvalue weighted by molar-refractivity contribution is 0.169. The number of nitrogens with zero attached hydrogens (tertiary/aromatic N) is 1. The minimum absolute atomic E-state index is 0.0868. The van der Waals surface area contributed by atoms with E-state index < -0.39 is 0 Å². The molecule has 1 fully saturated rings. The number of rotatable bonds is 2. The second-order valence-corrected chi connectivity index (χ2v) is 4.00. The van der Waals surface area contributed by atoms with Crippen LogP contribution in [0.25, 0.3) is 0 Å². The molecule has 0 aromatic heterocycles. The van der Waals surface area contributed by atoms with Crippen LogP contribution in [0.1, 0.15) is 27.7 Å². The zero-order chi connectivity index (χ0) is 9.30. The molecule has 3 nitrogen and oxygen atoms in total. The first-order chi connectivity index (χ1) is 5.54. The van der Waals surface area contributed by atoms with Crippen LogP contribution in [0.2, 0.25) is 0 Å². The lowest BCUT2D eigenvalue weighted by atomic mass is 10.0. The number of hydrogen-bond donors (Lipinski definition) is 1. The molecule has 1 aliphatic heterocycles. The molecule has 12 heavy (non-hydrogen) atoms. The largest absolute Gasteiger partial charge is 0.336 e. The van der Waals surface area contributed by atoms with Crippen molar-refractivity contribution in [3.63, 3.8) is 0 Å². The van der Waals surface area contributed by atoms with Gasteiger partial charge in [0.15, 0.2) is 0 Å². The second-order valence-electron chi connectivity index (χ2n) is 4.00. The summed E-state index contributed by atoms with van der Waals surface area (Å²) in [4.78, 5) is 13.3. The number of urea groups is 1. The Bertz CT molecular complexity index is 177. The molecule has 1 heterocycles. The van der Waals surface area contributed by atoms with E-state index in [1.54, 1.807) is 0 Å². The van der Waals surface area contributed by atoms with Crippen LogP contribution in [-0.2, 0) is 0 Å². The molecule has 0 bridgehead atoms. The fourth-order valence-corrected chi connectivity index (χ4v) is 1.71. The van der Waals surface area contributed by atoms with Crippen molar-refractivity contribution >= 4 is 6.03 Å². The van der Waals surface area contributed by atoms with Crippen LogP contribution in [0.15, 0.2) is 0 Å². The van der Waals surface area contributed by atoms with Crippen molar-refractivity contribution in [1.29, 1.82) is 0 Å². The summed E-state index contributed by atoms with van der Waals surface area (Å²) in [7, 11) is 0. The van der Waals surface area contributed by atoms with E-state index in [-0.39, 0.29) is 6.03 Å². The summed E-state index contributed by atoms with van der Waals surface area (Å²) in [6.45, 7) is 9.22. The van der Waals surface area contributed by atoms with E-state index in [2.05, 4.69) is 33.0 Å². The highest BCUT2D eigenvalue weighted by molar-refractivity contribution is 5.77. The smallest absolute Gasteiger partial charge is 0.318 e. The Morgan fingerprint density at radius 1 is 1.42 bits per heavy atom. The number of nitrogens with one attached hydrogen (secondary N) is 1. The van der Waals surface area contributed by atoms with E-state index in [0.29, 0.717) is 18.0 Å². The Labute approximate surface area is 74.1 Å². The fraction of sp³-hybridized carbons (Fsp3) is 0.889. The van der Waals surface area contributed by atoms with Crippen molar-refractivity contribution in [2.45, 2.75) is 39.8 Å². The molecule has 0 radical (unpaired) electrons. The molecular weight excluding hydrogens is 152 g/mol. The van der Waals surface area contributed by atoms with E-state index in [1.807, 2.05) is 4.90 Å². The van der Waals surface area contributed by atoms with Crippen LogP contribution in [0, 0.1) is 5.92 Å². The van der Waals surface area contributed by atoms with Crippen molar-refractivity contribution in [1.82, 2.24) is 10.2 Å². The summed E-state index contributed by atoms with van der Waals surface area (Å²) in [6, 6.07) is 0.765. The third-order valence-corrected chi connectivity index (χ3v) is 2.38. The molecule has 3 heteroatoms. The SMILES string of the molecule is CC(C)[C@@H]1CNC(=O)N1C(C)C. The topological polar surface area (TPSA) is 32.3 Å². The minimum Gasteiger partial charge on any atom is -0.336 e. The molecule has 1 aliphatic rings.